The van der Waals surface area contributed by atoms with Gasteiger partial charge in [-0.1, -0.05) is 25.7 Å². The fraction of sp³-hybridized carbons (Fsp3) is 0.923. The van der Waals surface area contributed by atoms with Crippen LogP contribution in [0.1, 0.15) is 57.8 Å². The van der Waals surface area contributed by atoms with Crippen LogP contribution >= 0.6 is 0 Å². The van der Waals surface area contributed by atoms with Gasteiger partial charge in [0.2, 0.25) is 0 Å². The summed E-state index contributed by atoms with van der Waals surface area (Å²) in [6.45, 7) is 0. The van der Waals surface area contributed by atoms with E-state index in [2.05, 4.69) is 10.3 Å². The van der Waals surface area contributed by atoms with Gasteiger partial charge in [0.25, 0.3) is 0 Å². The molecule has 3 rings (SSSR count). The second-order valence-electron chi connectivity index (χ2n) is 5.93. The minimum absolute atomic E-state index is 0.561. The lowest BCUT2D eigenvalue weighted by molar-refractivity contribution is 0.529. The molecular formula is C13H23N3. The Morgan fingerprint density at radius 1 is 1.12 bits per heavy atom. The summed E-state index contributed by atoms with van der Waals surface area (Å²) in [5.74, 6) is 0.709. The Hall–Kier alpha value is -0.730. The Kier molecular flexibility index (Phi) is 2.56. The fourth-order valence-electron chi connectivity index (χ4n) is 3.04. The summed E-state index contributed by atoms with van der Waals surface area (Å²) in [6.07, 6.45) is 12.1. The number of nitrogens with one attached hydrogen (secondary N) is 1. The average Bonchev–Trinajstić information content (AvgIpc) is 3.10. The van der Waals surface area contributed by atoms with Gasteiger partial charge in [-0.3, -0.25) is 0 Å². The van der Waals surface area contributed by atoms with Crippen LogP contribution in [0, 0.1) is 5.41 Å². The smallest absolute Gasteiger partial charge is 0.189 e. The van der Waals surface area contributed by atoms with Crippen molar-refractivity contribution >= 4 is 5.96 Å². The summed E-state index contributed by atoms with van der Waals surface area (Å²) >= 11 is 0. The first kappa shape index (κ1) is 10.4. The van der Waals surface area contributed by atoms with Gasteiger partial charge >= 0.3 is 0 Å². The number of hydrogen-bond acceptors (Lipinski definition) is 1. The van der Waals surface area contributed by atoms with Gasteiger partial charge in [0.15, 0.2) is 5.96 Å². The van der Waals surface area contributed by atoms with Gasteiger partial charge in [-0.2, -0.15) is 0 Å². The summed E-state index contributed by atoms with van der Waals surface area (Å²) in [6, 6.07) is 1.14. The van der Waals surface area contributed by atoms with Crippen LogP contribution in [0.25, 0.3) is 0 Å². The molecule has 3 aliphatic rings. The number of aliphatic imine (C=N–C) groups is 1. The number of nitrogens with two attached hydrogens (primary N) is 1. The Morgan fingerprint density at radius 3 is 2.38 bits per heavy atom. The maximum atomic E-state index is 5.98. The molecule has 3 fully saturated rings. The Balaban J connectivity index is 1.49. The summed E-state index contributed by atoms with van der Waals surface area (Å²) in [4.78, 5) is 4.61. The van der Waals surface area contributed by atoms with Crippen LogP contribution in [0.4, 0.5) is 0 Å². The van der Waals surface area contributed by atoms with Gasteiger partial charge in [0.05, 0.1) is 6.04 Å². The molecule has 0 aromatic heterocycles. The van der Waals surface area contributed by atoms with Crippen molar-refractivity contribution in [2.75, 3.05) is 0 Å². The van der Waals surface area contributed by atoms with Crippen LogP contribution in [0.3, 0.4) is 0 Å². The molecule has 0 bridgehead atoms. The van der Waals surface area contributed by atoms with E-state index in [-0.39, 0.29) is 0 Å². The highest BCUT2D eigenvalue weighted by molar-refractivity contribution is 5.78. The molecule has 0 aromatic carbocycles. The maximum Gasteiger partial charge on any atom is 0.189 e. The highest BCUT2D eigenvalue weighted by atomic mass is 15.1. The lowest BCUT2D eigenvalue weighted by atomic mass is 10.1. The molecule has 16 heavy (non-hydrogen) atoms. The number of rotatable bonds is 2. The van der Waals surface area contributed by atoms with Crippen molar-refractivity contribution in [3.05, 3.63) is 0 Å². The Morgan fingerprint density at radius 2 is 1.81 bits per heavy atom. The molecule has 1 spiro atoms. The minimum atomic E-state index is 0.561. The van der Waals surface area contributed by atoms with Crippen molar-refractivity contribution in [2.45, 2.75) is 69.9 Å². The van der Waals surface area contributed by atoms with Gasteiger partial charge in [-0.05, 0) is 37.5 Å². The van der Waals surface area contributed by atoms with Gasteiger partial charge in [0, 0.05) is 6.04 Å². The van der Waals surface area contributed by atoms with Crippen LogP contribution in [0.2, 0.25) is 0 Å². The van der Waals surface area contributed by atoms with E-state index in [4.69, 9.17) is 5.73 Å². The van der Waals surface area contributed by atoms with Gasteiger partial charge in [0.1, 0.15) is 0 Å². The van der Waals surface area contributed by atoms with Crippen molar-refractivity contribution in [1.29, 1.82) is 0 Å². The summed E-state index contributed by atoms with van der Waals surface area (Å²) in [7, 11) is 0. The molecule has 3 saturated carbocycles. The predicted octanol–water partition coefficient (Wildman–Crippen LogP) is 2.17. The molecule has 1 unspecified atom stereocenters. The molecule has 0 amide bonds. The topological polar surface area (TPSA) is 50.4 Å². The first-order chi connectivity index (χ1) is 7.78. The summed E-state index contributed by atoms with van der Waals surface area (Å²) in [5, 5.41) is 3.42. The van der Waals surface area contributed by atoms with Crippen molar-refractivity contribution in [1.82, 2.24) is 5.32 Å². The average molecular weight is 221 g/mol. The second-order valence-corrected chi connectivity index (χ2v) is 5.93. The molecule has 90 valence electrons. The normalized spacial score (nSPS) is 33.5. The lowest BCUT2D eigenvalue weighted by Crippen LogP contribution is -2.40. The van der Waals surface area contributed by atoms with E-state index in [0.29, 0.717) is 23.5 Å². The third-order valence-corrected chi connectivity index (χ3v) is 4.54. The summed E-state index contributed by atoms with van der Waals surface area (Å²) < 4.78 is 0. The highest BCUT2D eigenvalue weighted by Gasteiger charge is 2.63. The van der Waals surface area contributed by atoms with Crippen molar-refractivity contribution < 1.29 is 0 Å². The Bertz CT molecular complexity index is 286. The summed E-state index contributed by atoms with van der Waals surface area (Å²) in [5.41, 5.74) is 6.62. The zero-order valence-corrected chi connectivity index (χ0v) is 10.0. The van der Waals surface area contributed by atoms with Gasteiger partial charge < -0.3 is 11.1 Å². The molecule has 3 nitrogen and oxygen atoms in total. The first-order valence-corrected chi connectivity index (χ1v) is 6.88. The van der Waals surface area contributed by atoms with E-state index in [9.17, 15) is 0 Å². The molecule has 3 N–H and O–H groups in total. The molecule has 0 aromatic rings. The molecule has 0 radical (unpaired) electrons. The molecule has 3 aliphatic carbocycles. The predicted molar refractivity (Wildman–Crippen MR) is 66.3 cm³/mol. The standard InChI is InChI=1S/C13H23N3/c14-12(16-11-9-13(11)7-8-13)15-10-5-3-1-2-4-6-10/h10-11H,1-9H2,(H3,14,15,16). The van der Waals surface area contributed by atoms with E-state index in [0.717, 1.165) is 0 Å². The van der Waals surface area contributed by atoms with E-state index < -0.39 is 0 Å². The second kappa shape index (κ2) is 3.94. The molecule has 1 atom stereocenters. The monoisotopic (exact) mass is 221 g/mol. The third kappa shape index (κ3) is 2.18. The lowest BCUT2D eigenvalue weighted by Gasteiger charge is -2.16. The molecule has 3 heteroatoms. The number of nitrogens with zero attached hydrogens (tertiary/aromatic N) is 1. The van der Waals surface area contributed by atoms with E-state index >= 15 is 0 Å². The molecule has 0 saturated heterocycles. The van der Waals surface area contributed by atoms with Crippen molar-refractivity contribution in [3.63, 3.8) is 0 Å². The molecule has 0 aliphatic heterocycles. The maximum absolute atomic E-state index is 5.98. The van der Waals surface area contributed by atoms with Crippen LogP contribution in [0.15, 0.2) is 4.99 Å². The van der Waals surface area contributed by atoms with Crippen LogP contribution in [-0.4, -0.2) is 18.0 Å². The van der Waals surface area contributed by atoms with E-state index in [1.54, 1.807) is 0 Å². The molecular weight excluding hydrogens is 198 g/mol. The third-order valence-electron chi connectivity index (χ3n) is 4.54. The number of hydrogen-bond donors (Lipinski definition) is 2. The zero-order valence-electron chi connectivity index (χ0n) is 10.0. The zero-order chi connectivity index (χ0) is 11.0. The van der Waals surface area contributed by atoms with Crippen LogP contribution < -0.4 is 11.1 Å². The SMILES string of the molecule is NC(=NC1CC12CC2)NC1CCCCCC1. The van der Waals surface area contributed by atoms with E-state index in [1.165, 1.54) is 57.8 Å². The fourth-order valence-corrected chi connectivity index (χ4v) is 3.04. The first-order valence-electron chi connectivity index (χ1n) is 6.88. The Labute approximate surface area is 97.9 Å². The van der Waals surface area contributed by atoms with E-state index in [1.807, 2.05) is 0 Å². The van der Waals surface area contributed by atoms with Gasteiger partial charge in [-0.25, -0.2) is 4.99 Å². The molecule has 0 heterocycles. The quantitative estimate of drug-likeness (QED) is 0.426. The van der Waals surface area contributed by atoms with Crippen LogP contribution in [0.5, 0.6) is 0 Å². The van der Waals surface area contributed by atoms with Gasteiger partial charge in [-0.15, -0.1) is 0 Å². The largest absolute Gasteiger partial charge is 0.370 e. The van der Waals surface area contributed by atoms with Crippen LogP contribution in [-0.2, 0) is 0 Å². The minimum Gasteiger partial charge on any atom is -0.370 e. The van der Waals surface area contributed by atoms with Crippen molar-refractivity contribution in [3.8, 4) is 0 Å². The van der Waals surface area contributed by atoms with Crippen molar-refractivity contribution in [2.24, 2.45) is 16.1 Å². The number of guanidine groups is 1. The highest BCUT2D eigenvalue weighted by Crippen LogP contribution is 2.67.